The first-order chi connectivity index (χ1) is 13.2. The molecule has 0 bridgehead atoms. The van der Waals surface area contributed by atoms with Crippen molar-refractivity contribution in [3.8, 4) is 0 Å². The number of hydrogen-bond acceptors (Lipinski definition) is 4. The maximum absolute atomic E-state index is 11.0. The summed E-state index contributed by atoms with van der Waals surface area (Å²) in [5.74, 6) is 0.482. The standard InChI is InChI=1S/C21H24N4O2/c1-27-14-13-23-21-18(10-7-16-5-3-2-4-6-16)24-20-12-9-17(15-25(20)21)8-11-19(22)26/h2-6,8-9,11-12,15,23H,7,10,13-14H2,1H3,(H2,22,26). The molecule has 3 aromatic rings. The van der Waals surface area contributed by atoms with Crippen LogP contribution < -0.4 is 11.1 Å². The van der Waals surface area contributed by atoms with Crippen LogP contribution in [-0.2, 0) is 22.4 Å². The van der Waals surface area contributed by atoms with E-state index in [1.165, 1.54) is 11.6 Å². The largest absolute Gasteiger partial charge is 0.383 e. The number of methoxy groups -OCH3 is 1. The normalized spacial score (nSPS) is 11.3. The topological polar surface area (TPSA) is 81.7 Å². The van der Waals surface area contributed by atoms with Crippen molar-refractivity contribution >= 4 is 23.4 Å². The molecule has 2 aromatic heterocycles. The summed E-state index contributed by atoms with van der Waals surface area (Å²) in [6, 6.07) is 14.2. The Kier molecular flexibility index (Phi) is 6.22. The van der Waals surface area contributed by atoms with Gasteiger partial charge in [0, 0.05) is 25.9 Å². The van der Waals surface area contributed by atoms with Crippen molar-refractivity contribution in [2.75, 3.05) is 25.6 Å². The Morgan fingerprint density at radius 3 is 2.78 bits per heavy atom. The number of anilines is 1. The highest BCUT2D eigenvalue weighted by Crippen LogP contribution is 2.21. The van der Waals surface area contributed by atoms with Crippen LogP contribution in [0.2, 0.25) is 0 Å². The Morgan fingerprint density at radius 2 is 2.04 bits per heavy atom. The molecule has 27 heavy (non-hydrogen) atoms. The zero-order valence-corrected chi connectivity index (χ0v) is 15.4. The predicted octanol–water partition coefficient (Wildman–Crippen LogP) is 2.68. The van der Waals surface area contributed by atoms with Gasteiger partial charge in [-0.15, -0.1) is 0 Å². The highest BCUT2D eigenvalue weighted by Gasteiger charge is 2.12. The zero-order chi connectivity index (χ0) is 19.1. The van der Waals surface area contributed by atoms with Crippen molar-refractivity contribution in [2.45, 2.75) is 12.8 Å². The molecule has 0 spiro atoms. The quantitative estimate of drug-likeness (QED) is 0.452. The second-order valence-corrected chi connectivity index (χ2v) is 6.24. The maximum atomic E-state index is 11.0. The lowest BCUT2D eigenvalue weighted by Crippen LogP contribution is -2.11. The van der Waals surface area contributed by atoms with Gasteiger partial charge in [0.2, 0.25) is 5.91 Å². The summed E-state index contributed by atoms with van der Waals surface area (Å²) < 4.78 is 7.17. The fraction of sp³-hybridized carbons (Fsp3) is 0.238. The minimum absolute atomic E-state index is 0.470. The number of nitrogens with two attached hydrogens (primary N) is 1. The Bertz CT molecular complexity index is 932. The molecule has 0 aliphatic carbocycles. The van der Waals surface area contributed by atoms with E-state index in [1.54, 1.807) is 13.2 Å². The van der Waals surface area contributed by atoms with E-state index in [-0.39, 0.29) is 0 Å². The predicted molar refractivity (Wildman–Crippen MR) is 108 cm³/mol. The van der Waals surface area contributed by atoms with Crippen LogP contribution in [0.15, 0.2) is 54.7 Å². The molecule has 0 saturated carbocycles. The van der Waals surface area contributed by atoms with E-state index in [4.69, 9.17) is 15.5 Å². The first-order valence-electron chi connectivity index (χ1n) is 8.92. The summed E-state index contributed by atoms with van der Waals surface area (Å²) in [6.45, 7) is 1.29. The number of carbonyl (C=O) groups excluding carboxylic acids is 1. The van der Waals surface area contributed by atoms with Crippen LogP contribution in [0.25, 0.3) is 11.7 Å². The fourth-order valence-electron chi connectivity index (χ4n) is 2.93. The molecule has 3 N–H and O–H groups in total. The van der Waals surface area contributed by atoms with E-state index in [2.05, 4.69) is 17.4 Å². The molecule has 1 amide bonds. The Hall–Kier alpha value is -3.12. The average molecular weight is 364 g/mol. The number of pyridine rings is 1. The van der Waals surface area contributed by atoms with E-state index in [9.17, 15) is 4.79 Å². The molecule has 3 rings (SSSR count). The van der Waals surface area contributed by atoms with Crippen molar-refractivity contribution in [1.82, 2.24) is 9.38 Å². The van der Waals surface area contributed by atoms with Gasteiger partial charge in [-0.1, -0.05) is 30.3 Å². The summed E-state index contributed by atoms with van der Waals surface area (Å²) in [7, 11) is 1.68. The molecule has 140 valence electrons. The number of nitrogens with zero attached hydrogens (tertiary/aromatic N) is 2. The van der Waals surface area contributed by atoms with Gasteiger partial charge in [0.15, 0.2) is 0 Å². The molecule has 6 heteroatoms. The van der Waals surface area contributed by atoms with Gasteiger partial charge >= 0.3 is 0 Å². The summed E-state index contributed by atoms with van der Waals surface area (Å²) in [5, 5.41) is 3.43. The highest BCUT2D eigenvalue weighted by molar-refractivity contribution is 5.90. The first kappa shape index (κ1) is 18.7. The number of ether oxygens (including phenoxy) is 1. The van der Waals surface area contributed by atoms with Gasteiger partial charge in [0.05, 0.1) is 12.3 Å². The molecule has 0 unspecified atom stereocenters. The molecular weight excluding hydrogens is 340 g/mol. The second kappa shape index (κ2) is 9.00. The number of amides is 1. The second-order valence-electron chi connectivity index (χ2n) is 6.24. The first-order valence-corrected chi connectivity index (χ1v) is 8.92. The molecule has 0 aliphatic heterocycles. The molecule has 0 radical (unpaired) electrons. The minimum Gasteiger partial charge on any atom is -0.383 e. The monoisotopic (exact) mass is 364 g/mol. The number of primary amides is 1. The van der Waals surface area contributed by atoms with Gasteiger partial charge in [-0.3, -0.25) is 9.20 Å². The summed E-state index contributed by atoms with van der Waals surface area (Å²) in [4.78, 5) is 15.8. The molecular formula is C21H24N4O2. The zero-order valence-electron chi connectivity index (χ0n) is 15.4. The fourth-order valence-corrected chi connectivity index (χ4v) is 2.93. The summed E-state index contributed by atoms with van der Waals surface area (Å²) >= 11 is 0. The number of fused-ring (bicyclic) bond motifs is 1. The van der Waals surface area contributed by atoms with Gasteiger partial charge in [0.1, 0.15) is 11.5 Å². The number of benzene rings is 1. The van der Waals surface area contributed by atoms with Crippen LogP contribution in [0.4, 0.5) is 5.82 Å². The van der Waals surface area contributed by atoms with Crippen molar-refractivity contribution in [3.63, 3.8) is 0 Å². The number of imidazole rings is 1. The molecule has 0 aliphatic rings. The number of hydrogen-bond donors (Lipinski definition) is 2. The summed E-state index contributed by atoms with van der Waals surface area (Å²) in [5.41, 5.74) is 9.21. The Labute approximate surface area is 158 Å². The van der Waals surface area contributed by atoms with Crippen molar-refractivity contribution in [2.24, 2.45) is 5.73 Å². The Morgan fingerprint density at radius 1 is 1.22 bits per heavy atom. The molecule has 1 aromatic carbocycles. The van der Waals surface area contributed by atoms with Crippen molar-refractivity contribution in [3.05, 3.63) is 71.6 Å². The van der Waals surface area contributed by atoms with Crippen molar-refractivity contribution < 1.29 is 9.53 Å². The number of carbonyl (C=O) groups is 1. The van der Waals surface area contributed by atoms with Gasteiger partial charge in [-0.25, -0.2) is 4.98 Å². The van der Waals surface area contributed by atoms with Crippen molar-refractivity contribution in [1.29, 1.82) is 0 Å². The smallest absolute Gasteiger partial charge is 0.241 e. The van der Waals surface area contributed by atoms with Gasteiger partial charge in [-0.05, 0) is 42.2 Å². The molecule has 0 atom stereocenters. The van der Waals surface area contributed by atoms with Crippen LogP contribution in [0.5, 0.6) is 0 Å². The number of rotatable bonds is 9. The maximum Gasteiger partial charge on any atom is 0.241 e. The minimum atomic E-state index is -0.470. The van der Waals surface area contributed by atoms with Gasteiger partial charge < -0.3 is 15.8 Å². The third-order valence-electron chi connectivity index (χ3n) is 4.25. The molecule has 0 saturated heterocycles. The van der Waals surface area contributed by atoms with Gasteiger partial charge in [0.25, 0.3) is 0 Å². The highest BCUT2D eigenvalue weighted by atomic mass is 16.5. The molecule has 0 fully saturated rings. The van der Waals surface area contributed by atoms with Crippen LogP contribution in [0.1, 0.15) is 16.8 Å². The third-order valence-corrected chi connectivity index (χ3v) is 4.25. The SMILES string of the molecule is COCCNc1c(CCc2ccccc2)nc2ccc(C=CC(N)=O)cn12. The van der Waals surface area contributed by atoms with E-state index < -0.39 is 5.91 Å². The van der Waals surface area contributed by atoms with E-state index >= 15 is 0 Å². The lowest BCUT2D eigenvalue weighted by atomic mass is 10.1. The third kappa shape index (κ3) is 4.95. The van der Waals surface area contributed by atoms with E-state index in [0.717, 1.165) is 35.6 Å². The van der Waals surface area contributed by atoms with Crippen LogP contribution >= 0.6 is 0 Å². The van der Waals surface area contributed by atoms with Crippen LogP contribution in [0.3, 0.4) is 0 Å². The summed E-state index contributed by atoms with van der Waals surface area (Å²) in [6.07, 6.45) is 6.74. The number of aromatic nitrogens is 2. The lowest BCUT2D eigenvalue weighted by molar-refractivity contribution is -0.113. The molecule has 6 nitrogen and oxygen atoms in total. The van der Waals surface area contributed by atoms with E-state index in [1.807, 2.05) is 40.9 Å². The van der Waals surface area contributed by atoms with Gasteiger partial charge in [-0.2, -0.15) is 0 Å². The molecule has 2 heterocycles. The average Bonchev–Trinajstić information content (AvgIpc) is 3.03. The Balaban J connectivity index is 1.90. The van der Waals surface area contributed by atoms with Crippen LogP contribution in [0, 0.1) is 0 Å². The lowest BCUT2D eigenvalue weighted by Gasteiger charge is -2.09. The van der Waals surface area contributed by atoms with Crippen LogP contribution in [-0.4, -0.2) is 35.6 Å². The van der Waals surface area contributed by atoms with E-state index in [0.29, 0.717) is 13.2 Å². The number of aryl methyl sites for hydroxylation is 2. The number of nitrogens with one attached hydrogen (secondary N) is 1.